The van der Waals surface area contributed by atoms with Gasteiger partial charge >= 0.3 is 0 Å². The number of rotatable bonds is 5. The van der Waals surface area contributed by atoms with Crippen molar-refractivity contribution in [2.24, 2.45) is 0 Å². The minimum absolute atomic E-state index is 0.00847. The maximum atomic E-state index is 11.4. The number of nitro groups is 1. The fourth-order valence-electron chi connectivity index (χ4n) is 2.84. The molecule has 1 aliphatic rings. The van der Waals surface area contributed by atoms with Gasteiger partial charge < -0.3 is 9.80 Å². The van der Waals surface area contributed by atoms with Gasteiger partial charge in [0, 0.05) is 31.3 Å². The minimum atomic E-state index is -0.420. The number of carbonyl (C=O) groups excluding carboxylic acids is 1. The summed E-state index contributed by atoms with van der Waals surface area (Å²) in [6.07, 6.45) is 2.28. The van der Waals surface area contributed by atoms with Crippen LogP contribution in [0.15, 0.2) is 18.2 Å². The molecular weight excluding hydrogens is 270 g/mol. The topological polar surface area (TPSA) is 66.7 Å². The van der Waals surface area contributed by atoms with Crippen LogP contribution < -0.4 is 4.90 Å². The average Bonchev–Trinajstić information content (AvgIpc) is 2.83. The Labute approximate surface area is 124 Å². The van der Waals surface area contributed by atoms with Crippen LogP contribution in [0.1, 0.15) is 30.1 Å². The smallest absolute Gasteiger partial charge is 0.293 e. The third-order valence-electron chi connectivity index (χ3n) is 4.15. The van der Waals surface area contributed by atoms with E-state index >= 15 is 0 Å². The molecule has 1 aromatic rings. The number of ketones is 1. The number of likely N-dealkylation sites (N-methyl/N-ethyl adjacent to an activating group) is 2. The molecule has 0 spiro atoms. The number of hydrogen-bond donors (Lipinski definition) is 0. The van der Waals surface area contributed by atoms with Crippen LogP contribution in [0.2, 0.25) is 0 Å². The molecule has 6 nitrogen and oxygen atoms in total. The Morgan fingerprint density at radius 2 is 2.24 bits per heavy atom. The van der Waals surface area contributed by atoms with Crippen molar-refractivity contribution in [1.29, 1.82) is 0 Å². The first-order valence-corrected chi connectivity index (χ1v) is 7.11. The second-order valence-corrected chi connectivity index (χ2v) is 5.67. The Morgan fingerprint density at radius 1 is 1.52 bits per heavy atom. The number of nitro benzene ring substituents is 1. The first-order chi connectivity index (χ1) is 9.90. The Hall–Kier alpha value is -1.95. The summed E-state index contributed by atoms with van der Waals surface area (Å²) in [6.45, 7) is 3.23. The Bertz CT molecular complexity index is 559. The number of Topliss-reactive ketones (excluding diaryl/α,β-unsaturated/α-hetero) is 1. The van der Waals surface area contributed by atoms with Crippen molar-refractivity contribution in [3.63, 3.8) is 0 Å². The van der Waals surface area contributed by atoms with Crippen LogP contribution in [0, 0.1) is 10.1 Å². The molecule has 0 radical (unpaired) electrons. The first-order valence-electron chi connectivity index (χ1n) is 7.11. The van der Waals surface area contributed by atoms with Crippen molar-refractivity contribution in [2.45, 2.75) is 25.8 Å². The maximum absolute atomic E-state index is 11.4. The van der Waals surface area contributed by atoms with Crippen molar-refractivity contribution in [3.05, 3.63) is 33.9 Å². The van der Waals surface area contributed by atoms with E-state index in [-0.39, 0.29) is 11.5 Å². The molecule has 0 aliphatic carbocycles. The van der Waals surface area contributed by atoms with E-state index in [0.29, 0.717) is 17.3 Å². The fraction of sp³-hybridized carbons (Fsp3) is 0.533. The highest BCUT2D eigenvalue weighted by atomic mass is 16.6. The van der Waals surface area contributed by atoms with Crippen molar-refractivity contribution >= 4 is 17.2 Å². The summed E-state index contributed by atoms with van der Waals surface area (Å²) < 4.78 is 0. The zero-order valence-corrected chi connectivity index (χ0v) is 12.7. The quantitative estimate of drug-likeness (QED) is 0.473. The molecule has 1 heterocycles. The molecule has 1 atom stereocenters. The Balaban J connectivity index is 2.25. The third-order valence-corrected chi connectivity index (χ3v) is 4.15. The van der Waals surface area contributed by atoms with Crippen LogP contribution in [-0.4, -0.2) is 48.8 Å². The standard InChI is InChI=1S/C15H21N3O3/c1-11(19)12-6-7-14(15(9-12)18(20)21)17(3)10-13-5-4-8-16(13)2/h6-7,9,13H,4-5,8,10H2,1-3H3. The zero-order chi connectivity index (χ0) is 15.6. The predicted molar refractivity (Wildman–Crippen MR) is 82.0 cm³/mol. The first kappa shape index (κ1) is 15.4. The van der Waals surface area contributed by atoms with E-state index in [4.69, 9.17) is 0 Å². The van der Waals surface area contributed by atoms with E-state index in [0.717, 1.165) is 19.5 Å². The predicted octanol–water partition coefficient (Wildman–Crippen LogP) is 2.33. The Morgan fingerprint density at radius 3 is 2.76 bits per heavy atom. The van der Waals surface area contributed by atoms with Crippen LogP contribution in [0.4, 0.5) is 11.4 Å². The van der Waals surface area contributed by atoms with Gasteiger partial charge in [-0.2, -0.15) is 0 Å². The molecule has 114 valence electrons. The summed E-state index contributed by atoms with van der Waals surface area (Å²) in [4.78, 5) is 26.4. The monoisotopic (exact) mass is 291 g/mol. The van der Waals surface area contributed by atoms with Gasteiger partial charge in [0.1, 0.15) is 5.69 Å². The summed E-state index contributed by atoms with van der Waals surface area (Å²) in [6, 6.07) is 5.11. The van der Waals surface area contributed by atoms with Crippen LogP contribution in [-0.2, 0) is 0 Å². The van der Waals surface area contributed by atoms with Gasteiger partial charge in [-0.15, -0.1) is 0 Å². The number of anilines is 1. The minimum Gasteiger partial charge on any atom is -0.367 e. The lowest BCUT2D eigenvalue weighted by atomic mass is 10.1. The molecule has 21 heavy (non-hydrogen) atoms. The summed E-state index contributed by atoms with van der Waals surface area (Å²) in [5.41, 5.74) is 0.924. The van der Waals surface area contributed by atoms with Gasteiger partial charge in [-0.3, -0.25) is 14.9 Å². The van der Waals surface area contributed by atoms with Crippen molar-refractivity contribution < 1.29 is 9.72 Å². The van der Waals surface area contributed by atoms with Crippen molar-refractivity contribution in [1.82, 2.24) is 4.90 Å². The van der Waals surface area contributed by atoms with Crippen molar-refractivity contribution in [2.75, 3.05) is 32.1 Å². The molecule has 0 amide bonds. The van der Waals surface area contributed by atoms with Gasteiger partial charge in [-0.25, -0.2) is 0 Å². The molecule has 2 rings (SSSR count). The molecule has 1 saturated heterocycles. The largest absolute Gasteiger partial charge is 0.367 e. The van der Waals surface area contributed by atoms with Gasteiger partial charge in [-0.05, 0) is 45.5 Å². The number of likely N-dealkylation sites (tertiary alicyclic amines) is 1. The lowest BCUT2D eigenvalue weighted by molar-refractivity contribution is -0.384. The number of benzene rings is 1. The molecule has 0 saturated carbocycles. The Kier molecular flexibility index (Phi) is 4.57. The lowest BCUT2D eigenvalue weighted by Gasteiger charge is -2.27. The molecule has 0 bridgehead atoms. The van der Waals surface area contributed by atoms with E-state index in [1.807, 2.05) is 11.9 Å². The highest BCUT2D eigenvalue weighted by Gasteiger charge is 2.25. The van der Waals surface area contributed by atoms with Gasteiger partial charge in [0.25, 0.3) is 5.69 Å². The maximum Gasteiger partial charge on any atom is 0.293 e. The number of hydrogen-bond acceptors (Lipinski definition) is 5. The fourth-order valence-corrected chi connectivity index (χ4v) is 2.84. The second-order valence-electron chi connectivity index (χ2n) is 5.67. The van der Waals surface area contributed by atoms with Gasteiger partial charge in [-0.1, -0.05) is 0 Å². The van der Waals surface area contributed by atoms with Crippen molar-refractivity contribution in [3.8, 4) is 0 Å². The normalized spacial score (nSPS) is 18.7. The van der Waals surface area contributed by atoms with E-state index in [1.54, 1.807) is 12.1 Å². The molecular formula is C15H21N3O3. The number of carbonyl (C=O) groups is 1. The summed E-state index contributed by atoms with van der Waals surface area (Å²) in [5.74, 6) is -0.164. The van der Waals surface area contributed by atoms with Gasteiger partial charge in [0.05, 0.1) is 4.92 Å². The second kappa shape index (κ2) is 6.22. The van der Waals surface area contributed by atoms with E-state index in [1.165, 1.54) is 19.4 Å². The van der Waals surface area contributed by atoms with Crippen LogP contribution in [0.5, 0.6) is 0 Å². The summed E-state index contributed by atoms with van der Waals surface area (Å²) in [5, 5.41) is 11.3. The van der Waals surface area contributed by atoms with Gasteiger partial charge in [0.2, 0.25) is 0 Å². The molecule has 1 aliphatic heterocycles. The molecule has 0 aromatic heterocycles. The van der Waals surface area contributed by atoms with E-state index in [2.05, 4.69) is 11.9 Å². The molecule has 6 heteroatoms. The molecule has 0 N–H and O–H groups in total. The zero-order valence-electron chi connectivity index (χ0n) is 12.7. The highest BCUT2D eigenvalue weighted by molar-refractivity contribution is 5.95. The van der Waals surface area contributed by atoms with Crippen LogP contribution in [0.25, 0.3) is 0 Å². The van der Waals surface area contributed by atoms with Gasteiger partial charge in [0.15, 0.2) is 5.78 Å². The summed E-state index contributed by atoms with van der Waals surface area (Å²) >= 11 is 0. The van der Waals surface area contributed by atoms with E-state index < -0.39 is 4.92 Å². The van der Waals surface area contributed by atoms with E-state index in [9.17, 15) is 14.9 Å². The average molecular weight is 291 g/mol. The highest BCUT2D eigenvalue weighted by Crippen LogP contribution is 2.30. The molecule has 1 aromatic carbocycles. The number of nitrogens with zero attached hydrogens (tertiary/aromatic N) is 3. The third kappa shape index (κ3) is 3.39. The van der Waals surface area contributed by atoms with Crippen LogP contribution in [0.3, 0.4) is 0 Å². The lowest BCUT2D eigenvalue weighted by Crippen LogP contribution is -2.36. The molecule has 1 unspecified atom stereocenters. The van der Waals surface area contributed by atoms with Crippen LogP contribution >= 0.6 is 0 Å². The SMILES string of the molecule is CC(=O)c1ccc(N(C)CC2CCCN2C)c([N+](=O)[O-])c1. The molecule has 1 fully saturated rings. The summed E-state index contributed by atoms with van der Waals surface area (Å²) in [7, 11) is 3.95.